The zero-order valence-electron chi connectivity index (χ0n) is 13.7. The van der Waals surface area contributed by atoms with Crippen molar-refractivity contribution < 1.29 is 0 Å². The van der Waals surface area contributed by atoms with Crippen LogP contribution in [0.3, 0.4) is 0 Å². The monoisotopic (exact) mass is 275 g/mol. The SMILES string of the molecule is BN1C2CCCCCCCC2C2CCCCCCCC21. The van der Waals surface area contributed by atoms with Gasteiger partial charge < -0.3 is 4.81 Å². The van der Waals surface area contributed by atoms with Crippen LogP contribution in [0.15, 0.2) is 0 Å². The van der Waals surface area contributed by atoms with E-state index in [0.29, 0.717) is 0 Å². The third kappa shape index (κ3) is 3.26. The zero-order valence-corrected chi connectivity index (χ0v) is 13.7. The van der Waals surface area contributed by atoms with Crippen LogP contribution >= 0.6 is 0 Å². The number of nitrogens with zero attached hydrogens (tertiary/aromatic N) is 1. The molecule has 2 saturated carbocycles. The molecule has 0 N–H and O–H groups in total. The summed E-state index contributed by atoms with van der Waals surface area (Å²) in [5.74, 6) is 2.09. The maximum absolute atomic E-state index is 2.85. The van der Waals surface area contributed by atoms with Crippen LogP contribution in [0.1, 0.15) is 89.9 Å². The van der Waals surface area contributed by atoms with Crippen molar-refractivity contribution in [3.63, 3.8) is 0 Å². The average molecular weight is 275 g/mol. The van der Waals surface area contributed by atoms with E-state index >= 15 is 0 Å². The molecule has 1 heterocycles. The van der Waals surface area contributed by atoms with E-state index in [4.69, 9.17) is 0 Å². The first-order valence-electron chi connectivity index (χ1n) is 9.60. The van der Waals surface area contributed by atoms with Crippen LogP contribution in [0.5, 0.6) is 0 Å². The van der Waals surface area contributed by atoms with Crippen LogP contribution in [-0.2, 0) is 0 Å². The van der Waals surface area contributed by atoms with Crippen molar-refractivity contribution in [1.29, 1.82) is 0 Å². The minimum atomic E-state index is 0.933. The van der Waals surface area contributed by atoms with Gasteiger partial charge in [0.15, 0.2) is 7.98 Å². The van der Waals surface area contributed by atoms with Crippen LogP contribution in [-0.4, -0.2) is 24.9 Å². The molecule has 3 aliphatic rings. The summed E-state index contributed by atoms with van der Waals surface area (Å²) in [5, 5.41) is 0. The molecule has 2 aliphatic carbocycles. The predicted molar refractivity (Wildman–Crippen MR) is 89.6 cm³/mol. The van der Waals surface area contributed by atoms with E-state index in [1.165, 1.54) is 89.9 Å². The quantitative estimate of drug-likeness (QED) is 0.595. The number of hydrogen-bond donors (Lipinski definition) is 0. The Morgan fingerprint density at radius 2 is 0.850 bits per heavy atom. The maximum Gasteiger partial charge on any atom is 0.186 e. The molecule has 1 saturated heterocycles. The van der Waals surface area contributed by atoms with Crippen molar-refractivity contribution in [2.75, 3.05) is 0 Å². The van der Waals surface area contributed by atoms with Crippen molar-refractivity contribution in [2.45, 2.75) is 102 Å². The van der Waals surface area contributed by atoms with Gasteiger partial charge in [0.25, 0.3) is 0 Å². The van der Waals surface area contributed by atoms with Crippen molar-refractivity contribution in [1.82, 2.24) is 4.81 Å². The van der Waals surface area contributed by atoms with Crippen LogP contribution in [0.4, 0.5) is 0 Å². The van der Waals surface area contributed by atoms with Gasteiger partial charge in [-0.3, -0.25) is 0 Å². The standard InChI is InChI=1S/C18H34BN/c19-20-17-13-9-5-1-3-7-11-15(17)16-12-8-4-2-6-10-14-18(16)20/h15-18H,1-14,19H2. The fourth-order valence-corrected chi connectivity index (χ4v) is 5.60. The molecule has 0 aromatic heterocycles. The summed E-state index contributed by atoms with van der Waals surface area (Å²) in [4.78, 5) is 2.85. The Balaban J connectivity index is 1.74. The second-order valence-electron chi connectivity index (χ2n) is 7.82. The van der Waals surface area contributed by atoms with Crippen molar-refractivity contribution in [3.05, 3.63) is 0 Å². The molecule has 114 valence electrons. The largest absolute Gasteiger partial charge is 0.343 e. The van der Waals surface area contributed by atoms with E-state index in [2.05, 4.69) is 12.8 Å². The van der Waals surface area contributed by atoms with Gasteiger partial charge >= 0.3 is 0 Å². The lowest BCUT2D eigenvalue weighted by Crippen LogP contribution is -2.36. The Hall–Kier alpha value is 0.0249. The van der Waals surface area contributed by atoms with Crippen LogP contribution in [0.2, 0.25) is 0 Å². The Labute approximate surface area is 127 Å². The van der Waals surface area contributed by atoms with Gasteiger partial charge in [-0.15, -0.1) is 0 Å². The fourth-order valence-electron chi connectivity index (χ4n) is 5.60. The number of fused-ring (bicyclic) bond motifs is 3. The van der Waals surface area contributed by atoms with E-state index in [9.17, 15) is 0 Å². The highest BCUT2D eigenvalue weighted by Gasteiger charge is 2.44. The fraction of sp³-hybridized carbons (Fsp3) is 1.00. The lowest BCUT2D eigenvalue weighted by atomic mass is 9.79. The highest BCUT2D eigenvalue weighted by atomic mass is 15.1. The van der Waals surface area contributed by atoms with Crippen molar-refractivity contribution >= 4 is 7.98 Å². The summed E-state index contributed by atoms with van der Waals surface area (Å²) >= 11 is 0. The molecule has 0 spiro atoms. The zero-order chi connectivity index (χ0) is 13.8. The Morgan fingerprint density at radius 1 is 0.500 bits per heavy atom. The van der Waals surface area contributed by atoms with Crippen molar-refractivity contribution in [2.24, 2.45) is 11.8 Å². The van der Waals surface area contributed by atoms with Crippen LogP contribution in [0, 0.1) is 11.8 Å². The minimum Gasteiger partial charge on any atom is -0.343 e. The topological polar surface area (TPSA) is 3.24 Å². The molecule has 0 bridgehead atoms. The van der Waals surface area contributed by atoms with Gasteiger partial charge in [0.1, 0.15) is 0 Å². The molecule has 1 aliphatic heterocycles. The second-order valence-corrected chi connectivity index (χ2v) is 7.82. The van der Waals surface area contributed by atoms with E-state index in [0.717, 1.165) is 23.9 Å². The van der Waals surface area contributed by atoms with E-state index in [1.807, 2.05) is 0 Å². The van der Waals surface area contributed by atoms with Gasteiger partial charge in [-0.1, -0.05) is 64.2 Å². The van der Waals surface area contributed by atoms with Gasteiger partial charge in [0.2, 0.25) is 0 Å². The minimum absolute atomic E-state index is 0.933. The molecule has 1 nitrogen and oxygen atoms in total. The number of rotatable bonds is 0. The van der Waals surface area contributed by atoms with Gasteiger partial charge in [0, 0.05) is 12.1 Å². The molecule has 2 heteroatoms. The summed E-state index contributed by atoms with van der Waals surface area (Å²) < 4.78 is 0. The van der Waals surface area contributed by atoms with E-state index in [1.54, 1.807) is 0 Å². The Bertz CT molecular complexity index is 265. The highest BCUT2D eigenvalue weighted by Crippen LogP contribution is 2.45. The predicted octanol–water partition coefficient (Wildman–Crippen LogP) is 4.31. The summed E-state index contributed by atoms with van der Waals surface area (Å²) in [6.07, 6.45) is 21.1. The average Bonchev–Trinajstić information content (AvgIpc) is 2.81. The maximum atomic E-state index is 2.85. The van der Waals surface area contributed by atoms with Gasteiger partial charge in [-0.05, 0) is 37.5 Å². The van der Waals surface area contributed by atoms with Gasteiger partial charge in [-0.2, -0.15) is 0 Å². The normalized spacial score (nSPS) is 41.2. The molecular weight excluding hydrogens is 241 g/mol. The van der Waals surface area contributed by atoms with Gasteiger partial charge in [-0.25, -0.2) is 0 Å². The molecule has 20 heavy (non-hydrogen) atoms. The van der Waals surface area contributed by atoms with E-state index < -0.39 is 0 Å². The highest BCUT2D eigenvalue weighted by molar-refractivity contribution is 6.05. The van der Waals surface area contributed by atoms with Crippen LogP contribution < -0.4 is 0 Å². The first-order valence-corrected chi connectivity index (χ1v) is 9.60. The van der Waals surface area contributed by atoms with Gasteiger partial charge in [0.05, 0.1) is 0 Å². The summed E-state index contributed by atoms with van der Waals surface area (Å²) in [6, 6.07) is 1.87. The molecule has 0 aromatic carbocycles. The Morgan fingerprint density at radius 3 is 1.30 bits per heavy atom. The summed E-state index contributed by atoms with van der Waals surface area (Å²) in [5.41, 5.74) is 0. The first kappa shape index (κ1) is 14.9. The molecule has 3 rings (SSSR count). The number of hydrogen-bond acceptors (Lipinski definition) is 1. The summed E-state index contributed by atoms with van der Waals surface area (Å²) in [6.45, 7) is 0. The molecule has 4 atom stereocenters. The lowest BCUT2D eigenvalue weighted by molar-refractivity contribution is 0.279. The molecule has 4 unspecified atom stereocenters. The molecule has 0 amide bonds. The van der Waals surface area contributed by atoms with E-state index in [-0.39, 0.29) is 0 Å². The Kier molecular flexibility index (Phi) is 5.48. The molecular formula is C18H34BN. The third-order valence-corrected chi connectivity index (χ3v) is 6.66. The smallest absolute Gasteiger partial charge is 0.186 e. The third-order valence-electron chi connectivity index (χ3n) is 6.66. The van der Waals surface area contributed by atoms with Crippen LogP contribution in [0.25, 0.3) is 0 Å². The summed E-state index contributed by atoms with van der Waals surface area (Å²) in [7, 11) is 2.47. The molecule has 0 aromatic rings. The molecule has 0 radical (unpaired) electrons. The second kappa shape index (κ2) is 7.34. The van der Waals surface area contributed by atoms with Crippen molar-refractivity contribution in [3.8, 4) is 0 Å². The first-order chi connectivity index (χ1) is 9.88. The molecule has 3 fully saturated rings. The lowest BCUT2D eigenvalue weighted by Gasteiger charge is -2.28.